The number of aromatic amines is 1. The van der Waals surface area contributed by atoms with Gasteiger partial charge in [0.25, 0.3) is 0 Å². The first-order valence-electron chi connectivity index (χ1n) is 5.25. The average Bonchev–Trinajstić information content (AvgIpc) is 2.72. The molecule has 4 N–H and O–H groups in total. The van der Waals surface area contributed by atoms with Gasteiger partial charge >= 0.3 is 5.97 Å². The third-order valence-electron chi connectivity index (χ3n) is 2.67. The first-order chi connectivity index (χ1) is 8.61. The topological polar surface area (TPSA) is 128 Å². The zero-order valence-electron chi connectivity index (χ0n) is 9.37. The average molecular weight is 245 g/mol. The summed E-state index contributed by atoms with van der Waals surface area (Å²) in [5, 5.41) is 13.2. The minimum atomic E-state index is -1.03. The normalized spacial score (nSPS) is 12.1. The molecule has 0 saturated carbocycles. The van der Waals surface area contributed by atoms with E-state index < -0.39 is 12.0 Å². The van der Waals surface area contributed by atoms with E-state index in [0.29, 0.717) is 5.69 Å². The van der Waals surface area contributed by atoms with E-state index >= 15 is 0 Å². The van der Waals surface area contributed by atoms with Crippen molar-refractivity contribution in [3.63, 3.8) is 0 Å². The number of carboxylic acid groups (broad SMARTS) is 1. The lowest BCUT2D eigenvalue weighted by Crippen LogP contribution is -2.32. The predicted molar refractivity (Wildman–Crippen MR) is 66.4 cm³/mol. The molecule has 0 aliphatic rings. The van der Waals surface area contributed by atoms with E-state index in [1.807, 2.05) is 0 Å². The number of benzene rings is 1. The van der Waals surface area contributed by atoms with Gasteiger partial charge in [0.05, 0.1) is 0 Å². The molecule has 0 amide bonds. The minimum Gasteiger partial charge on any atom is -0.480 e. The summed E-state index contributed by atoms with van der Waals surface area (Å²) in [5.74, 6) is -1.03. The Hall–Kier alpha value is -2.50. The predicted octanol–water partition coefficient (Wildman–Crippen LogP) is 2.06. The van der Waals surface area contributed by atoms with Gasteiger partial charge in [-0.3, -0.25) is 4.79 Å². The molecule has 92 valence electrons. The Labute approximate surface area is 102 Å². The zero-order valence-corrected chi connectivity index (χ0v) is 9.37. The fourth-order valence-electron chi connectivity index (χ4n) is 1.78. The third-order valence-corrected chi connectivity index (χ3v) is 2.67. The quantitative estimate of drug-likeness (QED) is 0.433. The first kappa shape index (κ1) is 12.0. The van der Waals surface area contributed by atoms with Gasteiger partial charge < -0.3 is 15.8 Å². The summed E-state index contributed by atoms with van der Waals surface area (Å²) in [6.07, 6.45) is 1.96. The second-order valence-corrected chi connectivity index (χ2v) is 3.88. The SMILES string of the molecule is [N-]=[N+]=Nc1ccc2c(CC(N)C(=O)O)c[nH]c2c1. The van der Waals surface area contributed by atoms with E-state index in [-0.39, 0.29) is 6.42 Å². The van der Waals surface area contributed by atoms with E-state index in [1.54, 1.807) is 24.4 Å². The van der Waals surface area contributed by atoms with Crippen LogP contribution in [0.4, 0.5) is 5.69 Å². The van der Waals surface area contributed by atoms with Crippen LogP contribution in [0.15, 0.2) is 29.5 Å². The monoisotopic (exact) mass is 245 g/mol. The molecule has 18 heavy (non-hydrogen) atoms. The van der Waals surface area contributed by atoms with Crippen LogP contribution in [-0.2, 0) is 11.2 Å². The molecule has 0 aliphatic carbocycles. The molecule has 1 aromatic carbocycles. The number of nitrogens with two attached hydrogens (primary N) is 1. The molecule has 0 bridgehead atoms. The summed E-state index contributed by atoms with van der Waals surface area (Å²) in [5.41, 5.74) is 16.0. The molecule has 2 aromatic rings. The number of rotatable bonds is 4. The number of aliphatic carboxylic acids is 1. The summed E-state index contributed by atoms with van der Waals surface area (Å²) >= 11 is 0. The Morgan fingerprint density at radius 2 is 2.39 bits per heavy atom. The summed E-state index contributed by atoms with van der Waals surface area (Å²) in [6.45, 7) is 0. The van der Waals surface area contributed by atoms with Crippen molar-refractivity contribution in [2.45, 2.75) is 12.5 Å². The molecule has 1 unspecified atom stereocenters. The van der Waals surface area contributed by atoms with E-state index in [1.165, 1.54) is 0 Å². The Bertz CT molecular complexity index is 642. The number of aromatic nitrogens is 1. The fourth-order valence-corrected chi connectivity index (χ4v) is 1.78. The number of fused-ring (bicyclic) bond motifs is 1. The van der Waals surface area contributed by atoms with Crippen molar-refractivity contribution in [1.29, 1.82) is 0 Å². The van der Waals surface area contributed by atoms with Gasteiger partial charge in [-0.25, -0.2) is 0 Å². The fraction of sp³-hybridized carbons (Fsp3) is 0.182. The van der Waals surface area contributed by atoms with E-state index in [2.05, 4.69) is 15.0 Å². The Kier molecular flexibility index (Phi) is 3.18. The molecule has 7 heteroatoms. The molecule has 0 fully saturated rings. The summed E-state index contributed by atoms with van der Waals surface area (Å²) in [7, 11) is 0. The largest absolute Gasteiger partial charge is 0.480 e. The van der Waals surface area contributed by atoms with E-state index in [9.17, 15) is 4.79 Å². The maximum absolute atomic E-state index is 10.7. The second-order valence-electron chi connectivity index (χ2n) is 3.88. The maximum atomic E-state index is 10.7. The van der Waals surface area contributed by atoms with Crippen LogP contribution in [0.5, 0.6) is 0 Å². The molecule has 0 aliphatic heterocycles. The smallest absolute Gasteiger partial charge is 0.320 e. The molecule has 1 atom stereocenters. The minimum absolute atomic E-state index is 0.246. The number of hydrogen-bond acceptors (Lipinski definition) is 3. The van der Waals surface area contributed by atoms with Crippen LogP contribution in [0.1, 0.15) is 5.56 Å². The third kappa shape index (κ3) is 2.27. The van der Waals surface area contributed by atoms with Crippen molar-refractivity contribution in [3.8, 4) is 0 Å². The van der Waals surface area contributed by atoms with Gasteiger partial charge in [-0.2, -0.15) is 0 Å². The van der Waals surface area contributed by atoms with Crippen LogP contribution < -0.4 is 5.73 Å². The van der Waals surface area contributed by atoms with Gasteiger partial charge in [-0.1, -0.05) is 17.2 Å². The second kappa shape index (κ2) is 4.79. The summed E-state index contributed by atoms with van der Waals surface area (Å²) in [6, 6.07) is 4.22. The van der Waals surface area contributed by atoms with Crippen molar-refractivity contribution >= 4 is 22.6 Å². The zero-order chi connectivity index (χ0) is 13.1. The molecule has 1 heterocycles. The van der Waals surface area contributed by atoms with E-state index in [4.69, 9.17) is 16.4 Å². The van der Waals surface area contributed by atoms with Crippen LogP contribution in [-0.4, -0.2) is 22.1 Å². The number of nitrogens with one attached hydrogen (secondary N) is 1. The van der Waals surface area contributed by atoms with Crippen LogP contribution in [0.3, 0.4) is 0 Å². The highest BCUT2D eigenvalue weighted by molar-refractivity contribution is 5.86. The lowest BCUT2D eigenvalue weighted by Gasteiger charge is -2.04. The number of H-pyrrole nitrogens is 1. The molecule has 0 spiro atoms. The lowest BCUT2D eigenvalue weighted by atomic mass is 10.1. The highest BCUT2D eigenvalue weighted by Gasteiger charge is 2.14. The molecule has 0 saturated heterocycles. The van der Waals surface area contributed by atoms with Gasteiger partial charge in [0.2, 0.25) is 0 Å². The molecular formula is C11H11N5O2. The molecule has 2 rings (SSSR count). The Morgan fingerprint density at radius 3 is 3.06 bits per heavy atom. The number of azide groups is 1. The molecule has 1 aromatic heterocycles. The molecule has 0 radical (unpaired) electrons. The Morgan fingerprint density at radius 1 is 1.61 bits per heavy atom. The highest BCUT2D eigenvalue weighted by Crippen LogP contribution is 2.24. The van der Waals surface area contributed by atoms with Crippen LogP contribution in [0, 0.1) is 0 Å². The maximum Gasteiger partial charge on any atom is 0.320 e. The van der Waals surface area contributed by atoms with Crippen molar-refractivity contribution in [2.24, 2.45) is 10.8 Å². The van der Waals surface area contributed by atoms with Gasteiger partial charge in [0.15, 0.2) is 0 Å². The highest BCUT2D eigenvalue weighted by atomic mass is 16.4. The number of nitrogens with zero attached hydrogens (tertiary/aromatic N) is 3. The van der Waals surface area contributed by atoms with Gasteiger partial charge in [-0.15, -0.1) is 0 Å². The van der Waals surface area contributed by atoms with Gasteiger partial charge in [0, 0.05) is 34.1 Å². The lowest BCUT2D eigenvalue weighted by molar-refractivity contribution is -0.138. The van der Waals surface area contributed by atoms with E-state index in [0.717, 1.165) is 16.5 Å². The standard InChI is InChI=1S/C11H11N5O2/c12-9(11(17)18)3-6-5-14-10-4-7(15-16-13)1-2-8(6)10/h1-2,4-5,9,14H,3,12H2,(H,17,18). The Balaban J connectivity index is 2.37. The molecule has 7 nitrogen and oxygen atoms in total. The molecular weight excluding hydrogens is 234 g/mol. The first-order valence-corrected chi connectivity index (χ1v) is 5.25. The van der Waals surface area contributed by atoms with Crippen LogP contribution >= 0.6 is 0 Å². The number of hydrogen-bond donors (Lipinski definition) is 3. The van der Waals surface area contributed by atoms with Crippen LogP contribution in [0.25, 0.3) is 21.3 Å². The van der Waals surface area contributed by atoms with Crippen molar-refractivity contribution in [3.05, 3.63) is 40.4 Å². The number of carboxylic acids is 1. The van der Waals surface area contributed by atoms with Crippen LogP contribution in [0.2, 0.25) is 0 Å². The summed E-state index contributed by atoms with van der Waals surface area (Å²) < 4.78 is 0. The summed E-state index contributed by atoms with van der Waals surface area (Å²) in [4.78, 5) is 16.4. The van der Waals surface area contributed by atoms with Gasteiger partial charge in [0.1, 0.15) is 6.04 Å². The van der Waals surface area contributed by atoms with Crippen molar-refractivity contribution in [2.75, 3.05) is 0 Å². The van der Waals surface area contributed by atoms with Gasteiger partial charge in [-0.05, 0) is 17.2 Å². The number of carbonyl (C=O) groups is 1. The van der Waals surface area contributed by atoms with Crippen molar-refractivity contribution < 1.29 is 9.90 Å². The van der Waals surface area contributed by atoms with Crippen molar-refractivity contribution in [1.82, 2.24) is 4.98 Å².